The predicted octanol–water partition coefficient (Wildman–Crippen LogP) is -0.812. The Morgan fingerprint density at radius 3 is 3.00 bits per heavy atom. The van der Waals surface area contributed by atoms with Crippen LogP contribution in [0.5, 0.6) is 0 Å². The maximum Gasteiger partial charge on any atom is 0.239 e. The molecule has 0 aliphatic carbocycles. The number of likely N-dealkylation sites (N-methyl/N-ethyl adjacent to an activating group) is 1. The quantitative estimate of drug-likeness (QED) is 0.544. The highest BCUT2D eigenvalue weighted by molar-refractivity contribution is 5.82. The Morgan fingerprint density at radius 2 is 2.42 bits per heavy atom. The fourth-order valence-corrected chi connectivity index (χ4v) is 1.39. The van der Waals surface area contributed by atoms with E-state index in [4.69, 9.17) is 5.11 Å². The molecule has 0 bridgehead atoms. The zero-order valence-corrected chi connectivity index (χ0v) is 7.58. The molecule has 2 unspecified atom stereocenters. The monoisotopic (exact) mass is 172 g/mol. The molecule has 1 heterocycles. The minimum Gasteiger partial charge on any atom is -0.394 e. The van der Waals surface area contributed by atoms with Gasteiger partial charge in [0.1, 0.15) is 6.04 Å². The van der Waals surface area contributed by atoms with E-state index in [0.717, 1.165) is 13.0 Å². The third-order valence-corrected chi connectivity index (χ3v) is 2.31. The first-order chi connectivity index (χ1) is 5.65. The Kier molecular flexibility index (Phi) is 3.05. The van der Waals surface area contributed by atoms with Crippen molar-refractivity contribution in [1.29, 1.82) is 0 Å². The summed E-state index contributed by atoms with van der Waals surface area (Å²) in [6, 6.07) is -0.147. The summed E-state index contributed by atoms with van der Waals surface area (Å²) in [6.45, 7) is 2.73. The van der Waals surface area contributed by atoms with Gasteiger partial charge in [-0.15, -0.1) is 0 Å². The van der Waals surface area contributed by atoms with Gasteiger partial charge in [-0.3, -0.25) is 9.69 Å². The molecule has 70 valence electrons. The number of amides is 1. The summed E-state index contributed by atoms with van der Waals surface area (Å²) < 4.78 is 0. The Hall–Kier alpha value is -0.610. The van der Waals surface area contributed by atoms with E-state index >= 15 is 0 Å². The number of carbonyl (C=O) groups excluding carboxylic acids is 1. The van der Waals surface area contributed by atoms with Gasteiger partial charge in [-0.2, -0.15) is 0 Å². The third-order valence-electron chi connectivity index (χ3n) is 2.31. The Bertz CT molecular complexity index is 172. The summed E-state index contributed by atoms with van der Waals surface area (Å²) >= 11 is 0. The lowest BCUT2D eigenvalue weighted by Gasteiger charge is -2.21. The number of carbonyl (C=O) groups is 1. The molecule has 2 atom stereocenters. The topological polar surface area (TPSA) is 52.6 Å². The van der Waals surface area contributed by atoms with Gasteiger partial charge in [0.05, 0.1) is 6.61 Å². The molecule has 1 rings (SSSR count). The van der Waals surface area contributed by atoms with Gasteiger partial charge in [-0.25, -0.2) is 0 Å². The summed E-state index contributed by atoms with van der Waals surface area (Å²) in [5.41, 5.74) is 0. The van der Waals surface area contributed by atoms with Gasteiger partial charge in [0.25, 0.3) is 0 Å². The van der Waals surface area contributed by atoms with Crippen LogP contribution in [0.3, 0.4) is 0 Å². The van der Waals surface area contributed by atoms with Gasteiger partial charge in [0, 0.05) is 12.6 Å². The van der Waals surface area contributed by atoms with E-state index in [1.807, 2.05) is 18.9 Å². The zero-order valence-electron chi connectivity index (χ0n) is 7.58. The average molecular weight is 172 g/mol. The van der Waals surface area contributed by atoms with Crippen LogP contribution in [-0.4, -0.2) is 48.2 Å². The fraction of sp³-hybridized carbons (Fsp3) is 0.875. The van der Waals surface area contributed by atoms with Gasteiger partial charge in [0.2, 0.25) is 5.91 Å². The highest BCUT2D eigenvalue weighted by atomic mass is 16.3. The molecule has 1 amide bonds. The van der Waals surface area contributed by atoms with E-state index in [2.05, 4.69) is 5.32 Å². The van der Waals surface area contributed by atoms with Crippen LogP contribution in [0, 0.1) is 0 Å². The molecular weight excluding hydrogens is 156 g/mol. The minimum atomic E-state index is -0.366. The molecule has 0 saturated carbocycles. The average Bonchev–Trinajstić information content (AvgIpc) is 2.12. The summed E-state index contributed by atoms with van der Waals surface area (Å²) in [5.74, 6) is -0.0648. The second-order valence-electron chi connectivity index (χ2n) is 3.38. The number of nitrogens with one attached hydrogen (secondary N) is 1. The lowest BCUT2D eigenvalue weighted by Crippen LogP contribution is -2.45. The molecule has 4 nitrogen and oxygen atoms in total. The Balaban J connectivity index is 2.64. The van der Waals surface area contributed by atoms with Gasteiger partial charge in [-0.05, 0) is 20.4 Å². The fourth-order valence-electron chi connectivity index (χ4n) is 1.39. The summed E-state index contributed by atoms with van der Waals surface area (Å²) in [6.07, 6.45) is 0.943. The second kappa shape index (κ2) is 3.87. The molecule has 4 heteroatoms. The van der Waals surface area contributed by atoms with Gasteiger partial charge in [0.15, 0.2) is 0 Å². The Labute approximate surface area is 72.6 Å². The molecule has 0 radical (unpaired) electrons. The first kappa shape index (κ1) is 9.48. The van der Waals surface area contributed by atoms with E-state index in [0.29, 0.717) is 0 Å². The second-order valence-corrected chi connectivity index (χ2v) is 3.38. The molecule has 0 spiro atoms. The normalized spacial score (nSPS) is 32.8. The van der Waals surface area contributed by atoms with E-state index in [1.54, 1.807) is 0 Å². The van der Waals surface area contributed by atoms with Crippen LogP contribution in [0.25, 0.3) is 0 Å². The number of rotatable bonds is 1. The van der Waals surface area contributed by atoms with Crippen LogP contribution in [0.4, 0.5) is 0 Å². The van der Waals surface area contributed by atoms with Crippen LogP contribution in [0.1, 0.15) is 13.3 Å². The molecule has 1 fully saturated rings. The molecule has 1 aliphatic heterocycles. The third kappa shape index (κ3) is 1.95. The van der Waals surface area contributed by atoms with Crippen LogP contribution in [0.15, 0.2) is 0 Å². The molecule has 0 aromatic carbocycles. The van der Waals surface area contributed by atoms with Crippen LogP contribution < -0.4 is 5.32 Å². The van der Waals surface area contributed by atoms with Crippen molar-refractivity contribution in [3.63, 3.8) is 0 Å². The maximum atomic E-state index is 11.4. The van der Waals surface area contributed by atoms with E-state index in [1.165, 1.54) is 0 Å². The first-order valence-corrected chi connectivity index (χ1v) is 4.26. The molecule has 2 N–H and O–H groups in total. The van der Waals surface area contributed by atoms with Gasteiger partial charge >= 0.3 is 0 Å². The van der Waals surface area contributed by atoms with Crippen LogP contribution >= 0.6 is 0 Å². The summed E-state index contributed by atoms with van der Waals surface area (Å²) in [5, 5.41) is 11.8. The largest absolute Gasteiger partial charge is 0.394 e. The van der Waals surface area contributed by atoms with Gasteiger partial charge < -0.3 is 10.4 Å². The van der Waals surface area contributed by atoms with Crippen molar-refractivity contribution in [1.82, 2.24) is 10.2 Å². The lowest BCUT2D eigenvalue weighted by molar-refractivity contribution is -0.126. The highest BCUT2D eigenvalue weighted by Crippen LogP contribution is 2.05. The van der Waals surface area contributed by atoms with Crippen LogP contribution in [-0.2, 0) is 4.79 Å². The van der Waals surface area contributed by atoms with Gasteiger partial charge in [-0.1, -0.05) is 0 Å². The zero-order chi connectivity index (χ0) is 9.14. The van der Waals surface area contributed by atoms with Crippen molar-refractivity contribution in [2.45, 2.75) is 25.4 Å². The SMILES string of the molecule is CC1CCN(C)C(CO)C(=O)N1. The first-order valence-electron chi connectivity index (χ1n) is 4.26. The highest BCUT2D eigenvalue weighted by Gasteiger charge is 2.26. The van der Waals surface area contributed by atoms with E-state index < -0.39 is 0 Å². The van der Waals surface area contributed by atoms with E-state index in [-0.39, 0.29) is 24.6 Å². The van der Waals surface area contributed by atoms with Crippen molar-refractivity contribution >= 4 is 5.91 Å². The van der Waals surface area contributed by atoms with Crippen LogP contribution in [0.2, 0.25) is 0 Å². The van der Waals surface area contributed by atoms with E-state index in [9.17, 15) is 4.79 Å². The smallest absolute Gasteiger partial charge is 0.239 e. The number of nitrogens with zero attached hydrogens (tertiary/aromatic N) is 1. The summed E-state index contributed by atoms with van der Waals surface area (Å²) in [7, 11) is 1.86. The van der Waals surface area contributed by atoms with Crippen molar-refractivity contribution in [3.05, 3.63) is 0 Å². The number of hydrogen-bond donors (Lipinski definition) is 2. The molecule has 1 aliphatic rings. The standard InChI is InChI=1S/C8H16N2O2/c1-6-3-4-10(2)7(5-11)8(12)9-6/h6-7,11H,3-5H2,1-2H3,(H,9,12). The summed E-state index contributed by atoms with van der Waals surface area (Å²) in [4.78, 5) is 13.2. The maximum absolute atomic E-state index is 11.4. The molecule has 12 heavy (non-hydrogen) atoms. The number of aliphatic hydroxyl groups excluding tert-OH is 1. The van der Waals surface area contributed by atoms with Crippen molar-refractivity contribution < 1.29 is 9.90 Å². The van der Waals surface area contributed by atoms with Crippen molar-refractivity contribution in [2.75, 3.05) is 20.2 Å². The van der Waals surface area contributed by atoms with Crippen molar-refractivity contribution in [2.24, 2.45) is 0 Å². The number of aliphatic hydroxyl groups is 1. The molecule has 0 aromatic rings. The predicted molar refractivity (Wildman–Crippen MR) is 45.7 cm³/mol. The Morgan fingerprint density at radius 1 is 1.75 bits per heavy atom. The molecular formula is C8H16N2O2. The minimum absolute atomic E-state index is 0.0648. The van der Waals surface area contributed by atoms with Crippen molar-refractivity contribution in [3.8, 4) is 0 Å². The molecule has 1 saturated heterocycles. The molecule has 0 aromatic heterocycles. The lowest BCUT2D eigenvalue weighted by atomic mass is 10.2. The number of hydrogen-bond acceptors (Lipinski definition) is 3.